The van der Waals surface area contributed by atoms with Crippen molar-refractivity contribution in [3.05, 3.63) is 95.1 Å². The average Bonchev–Trinajstić information content (AvgIpc) is 2.63. The molecule has 0 aliphatic heterocycles. The van der Waals surface area contributed by atoms with Crippen LogP contribution in [0.5, 0.6) is 5.75 Å². The Hall–Kier alpha value is -2.87. The fourth-order valence-electron chi connectivity index (χ4n) is 2.98. The molecule has 25 heavy (non-hydrogen) atoms. The Morgan fingerprint density at radius 2 is 1.52 bits per heavy atom. The summed E-state index contributed by atoms with van der Waals surface area (Å²) in [5.74, 6) is 0.871. The molecule has 2 heteroatoms. The van der Waals surface area contributed by atoms with Gasteiger partial charge < -0.3 is 4.74 Å². The summed E-state index contributed by atoms with van der Waals surface area (Å²) in [5.41, 5.74) is 7.31. The fourth-order valence-corrected chi connectivity index (χ4v) is 2.98. The van der Waals surface area contributed by atoms with Crippen LogP contribution in [-0.2, 0) is 0 Å². The van der Waals surface area contributed by atoms with Gasteiger partial charge >= 0.3 is 0 Å². The van der Waals surface area contributed by atoms with Gasteiger partial charge in [0, 0.05) is 12.2 Å². The molecule has 0 bridgehead atoms. The van der Waals surface area contributed by atoms with Gasteiger partial charge in [-0.1, -0.05) is 42.0 Å². The van der Waals surface area contributed by atoms with Gasteiger partial charge in [0.15, 0.2) is 5.71 Å². The van der Waals surface area contributed by atoms with E-state index in [-0.39, 0.29) is 0 Å². The Bertz CT molecular complexity index is 874. The summed E-state index contributed by atoms with van der Waals surface area (Å²) in [5, 5.41) is 0. The van der Waals surface area contributed by atoms with Crippen LogP contribution in [-0.4, -0.2) is 31.5 Å². The molecule has 2 aromatic rings. The Morgan fingerprint density at radius 3 is 2.08 bits per heavy atom. The first-order valence-electron chi connectivity index (χ1n) is 8.44. The van der Waals surface area contributed by atoms with Crippen molar-refractivity contribution in [1.29, 1.82) is 0 Å². The van der Waals surface area contributed by atoms with Crippen molar-refractivity contribution in [1.82, 2.24) is 0 Å². The molecule has 1 aliphatic carbocycles. The molecular weight excluding hydrogens is 306 g/mol. The lowest BCUT2D eigenvalue weighted by Crippen LogP contribution is -2.10. The second-order valence-electron chi connectivity index (χ2n) is 6.41. The second kappa shape index (κ2) is 7.35. The van der Waals surface area contributed by atoms with Crippen LogP contribution in [0.25, 0.3) is 5.57 Å². The SMILES string of the molecule is COc1ccc(C(=C2C=CC(=[N+](C)C)C=C2)c2cccc(C)c2)cc1. The zero-order chi connectivity index (χ0) is 17.8. The van der Waals surface area contributed by atoms with Crippen LogP contribution in [0, 0.1) is 6.92 Å². The number of nitrogens with zero attached hydrogens (tertiary/aromatic N) is 1. The van der Waals surface area contributed by atoms with E-state index in [0.29, 0.717) is 0 Å². The molecule has 0 N–H and O–H groups in total. The lowest BCUT2D eigenvalue weighted by molar-refractivity contribution is -0.462. The molecule has 0 amide bonds. The summed E-state index contributed by atoms with van der Waals surface area (Å²) in [4.78, 5) is 0. The molecule has 0 heterocycles. The molecule has 0 saturated heterocycles. The first-order valence-corrected chi connectivity index (χ1v) is 8.44. The topological polar surface area (TPSA) is 12.2 Å². The zero-order valence-electron chi connectivity index (χ0n) is 15.3. The number of rotatable bonds is 3. The number of hydrogen-bond acceptors (Lipinski definition) is 1. The third-order valence-corrected chi connectivity index (χ3v) is 4.36. The van der Waals surface area contributed by atoms with Gasteiger partial charge in [-0.2, -0.15) is 0 Å². The van der Waals surface area contributed by atoms with Crippen molar-refractivity contribution in [3.8, 4) is 5.75 Å². The van der Waals surface area contributed by atoms with Crippen LogP contribution in [0.15, 0.2) is 78.4 Å². The lowest BCUT2D eigenvalue weighted by atomic mass is 9.90. The normalized spacial score (nSPS) is 13.1. The molecular formula is C23H24NO+. The summed E-state index contributed by atoms with van der Waals surface area (Å²) in [6, 6.07) is 16.9. The third-order valence-electron chi connectivity index (χ3n) is 4.36. The van der Waals surface area contributed by atoms with Crippen LogP contribution >= 0.6 is 0 Å². The minimum Gasteiger partial charge on any atom is -0.497 e. The van der Waals surface area contributed by atoms with Crippen LogP contribution in [0.2, 0.25) is 0 Å². The first kappa shape index (κ1) is 17.0. The van der Waals surface area contributed by atoms with Gasteiger partial charge in [0.1, 0.15) is 19.8 Å². The molecule has 0 atom stereocenters. The number of aryl methyl sites for hydroxylation is 1. The molecule has 0 saturated carbocycles. The maximum absolute atomic E-state index is 5.31. The third kappa shape index (κ3) is 3.80. The molecule has 2 aromatic carbocycles. The van der Waals surface area contributed by atoms with E-state index in [4.69, 9.17) is 4.74 Å². The molecule has 1 aliphatic rings. The van der Waals surface area contributed by atoms with Gasteiger partial charge in [0.2, 0.25) is 0 Å². The number of hydrogen-bond donors (Lipinski definition) is 0. The van der Waals surface area contributed by atoms with Crippen LogP contribution in [0.4, 0.5) is 0 Å². The maximum atomic E-state index is 5.31. The van der Waals surface area contributed by atoms with Crippen LogP contribution in [0.1, 0.15) is 16.7 Å². The van der Waals surface area contributed by atoms with Crippen molar-refractivity contribution in [2.45, 2.75) is 6.92 Å². The predicted molar refractivity (Wildman–Crippen MR) is 106 cm³/mol. The Balaban J connectivity index is 2.16. The van der Waals surface area contributed by atoms with Gasteiger partial charge in [-0.25, -0.2) is 4.58 Å². The summed E-state index contributed by atoms with van der Waals surface area (Å²) in [6.45, 7) is 2.13. The molecule has 0 fully saturated rings. The van der Waals surface area contributed by atoms with Gasteiger partial charge in [0.25, 0.3) is 0 Å². The number of benzene rings is 2. The molecule has 0 unspecified atom stereocenters. The van der Waals surface area contributed by atoms with Gasteiger partial charge in [-0.05, 0) is 53.5 Å². The van der Waals surface area contributed by atoms with Crippen molar-refractivity contribution in [2.75, 3.05) is 21.2 Å². The Kier molecular flexibility index (Phi) is 4.99. The highest BCUT2D eigenvalue weighted by Crippen LogP contribution is 2.31. The molecule has 2 nitrogen and oxygen atoms in total. The highest BCUT2D eigenvalue weighted by Gasteiger charge is 2.13. The monoisotopic (exact) mass is 330 g/mol. The maximum Gasteiger partial charge on any atom is 0.199 e. The summed E-state index contributed by atoms with van der Waals surface area (Å²) in [6.07, 6.45) is 8.71. The van der Waals surface area contributed by atoms with Crippen molar-refractivity contribution >= 4 is 11.3 Å². The smallest absolute Gasteiger partial charge is 0.199 e. The van der Waals surface area contributed by atoms with Gasteiger partial charge in [0.05, 0.1) is 7.11 Å². The van der Waals surface area contributed by atoms with E-state index in [1.165, 1.54) is 33.5 Å². The second-order valence-corrected chi connectivity index (χ2v) is 6.41. The number of methoxy groups -OCH3 is 1. The molecule has 126 valence electrons. The summed E-state index contributed by atoms with van der Waals surface area (Å²) < 4.78 is 7.42. The minimum absolute atomic E-state index is 0.871. The lowest BCUT2D eigenvalue weighted by Gasteiger charge is -2.14. The minimum atomic E-state index is 0.871. The molecule has 3 rings (SSSR count). The van der Waals surface area contributed by atoms with E-state index in [1.807, 2.05) is 12.1 Å². The van der Waals surface area contributed by atoms with Crippen molar-refractivity contribution in [3.63, 3.8) is 0 Å². The number of allylic oxidation sites excluding steroid dienone is 5. The largest absolute Gasteiger partial charge is 0.497 e. The quantitative estimate of drug-likeness (QED) is 0.747. The highest BCUT2D eigenvalue weighted by atomic mass is 16.5. The first-order chi connectivity index (χ1) is 12.1. The van der Waals surface area contributed by atoms with Gasteiger partial charge in [-0.15, -0.1) is 0 Å². The van der Waals surface area contributed by atoms with Crippen LogP contribution < -0.4 is 4.74 Å². The molecule has 0 aromatic heterocycles. The zero-order valence-corrected chi connectivity index (χ0v) is 15.3. The van der Waals surface area contributed by atoms with E-state index in [9.17, 15) is 0 Å². The molecule has 0 radical (unpaired) electrons. The Labute approximate surface area is 150 Å². The van der Waals surface area contributed by atoms with Crippen molar-refractivity contribution < 1.29 is 9.31 Å². The summed E-state index contributed by atoms with van der Waals surface area (Å²) >= 11 is 0. The number of ether oxygens (including phenoxy) is 1. The standard InChI is InChI=1S/C23H24NO/c1-17-6-5-7-20(16-17)23(19-10-14-22(25-4)15-11-19)18-8-12-21(13-9-18)24(2)3/h5-16H,1-4H3/q+1. The van der Waals surface area contributed by atoms with E-state index in [0.717, 1.165) is 5.75 Å². The Morgan fingerprint density at radius 1 is 0.840 bits per heavy atom. The van der Waals surface area contributed by atoms with E-state index in [1.54, 1.807) is 7.11 Å². The van der Waals surface area contributed by atoms with Gasteiger partial charge in [-0.3, -0.25) is 0 Å². The van der Waals surface area contributed by atoms with Crippen LogP contribution in [0.3, 0.4) is 0 Å². The highest BCUT2D eigenvalue weighted by molar-refractivity contribution is 6.03. The predicted octanol–water partition coefficient (Wildman–Crippen LogP) is 4.64. The van der Waals surface area contributed by atoms with E-state index >= 15 is 0 Å². The van der Waals surface area contributed by atoms with Crippen molar-refractivity contribution in [2.24, 2.45) is 0 Å². The summed E-state index contributed by atoms with van der Waals surface area (Å²) in [7, 11) is 5.81. The van der Waals surface area contributed by atoms with E-state index < -0.39 is 0 Å². The average molecular weight is 330 g/mol. The molecule has 0 spiro atoms. The fraction of sp³-hybridized carbons (Fsp3) is 0.174. The van der Waals surface area contributed by atoms with E-state index in [2.05, 4.69) is 86.3 Å².